The number of halogens is 1. The zero-order valence-electron chi connectivity index (χ0n) is 14.1. The quantitative estimate of drug-likeness (QED) is 0.852. The van der Waals surface area contributed by atoms with Crippen LogP contribution in [-0.2, 0) is 11.2 Å². The maximum atomic E-state index is 12.1. The van der Waals surface area contributed by atoms with Gasteiger partial charge in [0, 0.05) is 43.8 Å². The van der Waals surface area contributed by atoms with Gasteiger partial charge in [0.1, 0.15) is 0 Å². The van der Waals surface area contributed by atoms with E-state index in [1.165, 1.54) is 0 Å². The number of urea groups is 1. The number of carbonyl (C=O) groups is 1. The van der Waals surface area contributed by atoms with Crippen molar-refractivity contribution < 1.29 is 14.1 Å². The first-order valence-corrected chi connectivity index (χ1v) is 8.68. The van der Waals surface area contributed by atoms with E-state index in [4.69, 9.17) is 20.9 Å². The predicted molar refractivity (Wildman–Crippen MR) is 93.5 cm³/mol. The molecule has 0 radical (unpaired) electrons. The maximum Gasteiger partial charge on any atom is 0.317 e. The lowest BCUT2D eigenvalue weighted by Gasteiger charge is -2.21. The lowest BCUT2D eigenvalue weighted by Crippen LogP contribution is -2.41. The number of hydrogen-bond acceptors (Lipinski definition) is 5. The molecule has 2 amide bonds. The molecule has 2 aromatic rings. The van der Waals surface area contributed by atoms with E-state index in [2.05, 4.69) is 15.5 Å². The molecule has 1 aromatic heterocycles. The fraction of sp³-hybridized carbons (Fsp3) is 0.471. The molecule has 1 unspecified atom stereocenters. The highest BCUT2D eigenvalue weighted by Gasteiger charge is 2.20. The Bertz CT molecular complexity index is 698. The summed E-state index contributed by atoms with van der Waals surface area (Å²) in [4.78, 5) is 18.0. The number of aromatic nitrogens is 2. The van der Waals surface area contributed by atoms with Crippen molar-refractivity contribution in [3.63, 3.8) is 0 Å². The van der Waals surface area contributed by atoms with Gasteiger partial charge in [-0.05, 0) is 37.1 Å². The van der Waals surface area contributed by atoms with Crippen molar-refractivity contribution in [3.8, 4) is 11.4 Å². The number of nitrogens with zero attached hydrogens (tertiary/aromatic N) is 3. The topological polar surface area (TPSA) is 80.5 Å². The molecule has 0 aliphatic carbocycles. The Balaban J connectivity index is 1.44. The third-order valence-electron chi connectivity index (χ3n) is 4.03. The summed E-state index contributed by atoms with van der Waals surface area (Å²) in [5.41, 5.74) is 0.833. The molecule has 0 bridgehead atoms. The minimum Gasteiger partial charge on any atom is -0.376 e. The lowest BCUT2D eigenvalue weighted by molar-refractivity contribution is 0.0875. The lowest BCUT2D eigenvalue weighted by atomic mass is 10.2. The van der Waals surface area contributed by atoms with E-state index in [0.717, 1.165) is 25.0 Å². The fourth-order valence-corrected chi connectivity index (χ4v) is 2.79. The van der Waals surface area contributed by atoms with Gasteiger partial charge in [0.05, 0.1) is 6.10 Å². The monoisotopic (exact) mass is 364 g/mol. The highest BCUT2D eigenvalue weighted by atomic mass is 35.5. The summed E-state index contributed by atoms with van der Waals surface area (Å²) in [5, 5.41) is 7.45. The first kappa shape index (κ1) is 17.7. The van der Waals surface area contributed by atoms with Crippen LogP contribution in [0.5, 0.6) is 0 Å². The van der Waals surface area contributed by atoms with Crippen molar-refractivity contribution in [2.45, 2.75) is 25.4 Å². The second kappa shape index (κ2) is 8.31. The molecule has 1 aliphatic rings. The summed E-state index contributed by atoms with van der Waals surface area (Å²) in [5.74, 6) is 0.987. The van der Waals surface area contributed by atoms with Crippen LogP contribution in [0, 0.1) is 0 Å². The Kier molecular flexibility index (Phi) is 5.88. The average molecular weight is 365 g/mol. The van der Waals surface area contributed by atoms with Crippen LogP contribution < -0.4 is 5.32 Å². The molecular formula is C17H21ClN4O3. The number of nitrogens with one attached hydrogen (secondary N) is 1. The molecule has 1 saturated heterocycles. The van der Waals surface area contributed by atoms with Gasteiger partial charge in [0.15, 0.2) is 0 Å². The van der Waals surface area contributed by atoms with E-state index in [0.29, 0.717) is 36.2 Å². The number of carbonyl (C=O) groups excluding carboxylic acids is 1. The smallest absolute Gasteiger partial charge is 0.317 e. The molecule has 1 fully saturated rings. The van der Waals surface area contributed by atoms with Gasteiger partial charge in [-0.25, -0.2) is 4.79 Å². The third kappa shape index (κ3) is 4.93. The van der Waals surface area contributed by atoms with Crippen LogP contribution >= 0.6 is 11.6 Å². The van der Waals surface area contributed by atoms with Crippen molar-refractivity contribution >= 4 is 17.6 Å². The van der Waals surface area contributed by atoms with E-state index < -0.39 is 0 Å². The van der Waals surface area contributed by atoms with E-state index >= 15 is 0 Å². The van der Waals surface area contributed by atoms with E-state index in [9.17, 15) is 4.79 Å². The van der Waals surface area contributed by atoms with Gasteiger partial charge >= 0.3 is 6.03 Å². The van der Waals surface area contributed by atoms with Gasteiger partial charge in [-0.15, -0.1) is 0 Å². The summed E-state index contributed by atoms with van der Waals surface area (Å²) in [6.45, 7) is 1.82. The van der Waals surface area contributed by atoms with Crippen molar-refractivity contribution in [1.82, 2.24) is 20.4 Å². The Morgan fingerprint density at radius 2 is 2.20 bits per heavy atom. The molecule has 25 heavy (non-hydrogen) atoms. The molecule has 7 nitrogen and oxygen atoms in total. The normalized spacial score (nSPS) is 16.8. The number of amides is 2. The van der Waals surface area contributed by atoms with Gasteiger partial charge < -0.3 is 19.5 Å². The zero-order chi connectivity index (χ0) is 17.6. The predicted octanol–water partition coefficient (Wildman–Crippen LogP) is 2.75. The third-order valence-corrected chi connectivity index (χ3v) is 4.29. The molecule has 8 heteroatoms. The Morgan fingerprint density at radius 3 is 2.92 bits per heavy atom. The van der Waals surface area contributed by atoms with Crippen LogP contribution in [0.2, 0.25) is 5.02 Å². The number of ether oxygens (including phenoxy) is 1. The van der Waals surface area contributed by atoms with Crippen LogP contribution in [0.4, 0.5) is 4.79 Å². The summed E-state index contributed by atoms with van der Waals surface area (Å²) in [6.07, 6.45) is 2.69. The molecule has 1 atom stereocenters. The minimum absolute atomic E-state index is 0.132. The van der Waals surface area contributed by atoms with Crippen LogP contribution in [0.25, 0.3) is 11.4 Å². The van der Waals surface area contributed by atoms with E-state index in [1.54, 1.807) is 24.1 Å². The number of hydrogen-bond donors (Lipinski definition) is 1. The molecule has 1 N–H and O–H groups in total. The van der Waals surface area contributed by atoms with Gasteiger partial charge in [-0.1, -0.05) is 16.8 Å². The first-order chi connectivity index (χ1) is 12.1. The van der Waals surface area contributed by atoms with Crippen molar-refractivity contribution in [3.05, 3.63) is 35.2 Å². The standard InChI is InChI=1S/C17H21ClN4O3/c1-22(11-14-3-2-10-24-14)17(23)19-9-8-15-20-16(21-25-15)12-4-6-13(18)7-5-12/h4-7,14H,2-3,8-11H2,1H3,(H,19,23). The van der Waals surface area contributed by atoms with Crippen molar-refractivity contribution in [2.24, 2.45) is 0 Å². The highest BCUT2D eigenvalue weighted by Crippen LogP contribution is 2.18. The second-order valence-electron chi connectivity index (χ2n) is 6.02. The largest absolute Gasteiger partial charge is 0.376 e. The van der Waals surface area contributed by atoms with E-state index in [-0.39, 0.29) is 12.1 Å². The number of benzene rings is 1. The number of likely N-dealkylation sites (N-methyl/N-ethyl adjacent to an activating group) is 1. The Morgan fingerprint density at radius 1 is 1.40 bits per heavy atom. The molecule has 2 heterocycles. The van der Waals surface area contributed by atoms with Crippen molar-refractivity contribution in [1.29, 1.82) is 0 Å². The number of rotatable bonds is 6. The minimum atomic E-state index is -0.132. The van der Waals surface area contributed by atoms with Gasteiger partial charge in [-0.2, -0.15) is 4.98 Å². The van der Waals surface area contributed by atoms with Gasteiger partial charge in [-0.3, -0.25) is 0 Å². The first-order valence-electron chi connectivity index (χ1n) is 8.31. The zero-order valence-corrected chi connectivity index (χ0v) is 14.8. The summed E-state index contributed by atoms with van der Waals surface area (Å²) in [7, 11) is 1.77. The van der Waals surface area contributed by atoms with E-state index in [1.807, 2.05) is 12.1 Å². The van der Waals surface area contributed by atoms with Crippen LogP contribution in [-0.4, -0.2) is 53.9 Å². The molecule has 134 valence electrons. The molecule has 1 aromatic carbocycles. The molecular weight excluding hydrogens is 344 g/mol. The average Bonchev–Trinajstić information content (AvgIpc) is 3.27. The van der Waals surface area contributed by atoms with Crippen LogP contribution in [0.15, 0.2) is 28.8 Å². The molecule has 0 saturated carbocycles. The Hall–Kier alpha value is -2.12. The molecule has 1 aliphatic heterocycles. The Labute approximate surface area is 151 Å². The highest BCUT2D eigenvalue weighted by molar-refractivity contribution is 6.30. The van der Waals surface area contributed by atoms with Crippen LogP contribution in [0.1, 0.15) is 18.7 Å². The summed E-state index contributed by atoms with van der Waals surface area (Å²) >= 11 is 5.87. The van der Waals surface area contributed by atoms with Gasteiger partial charge in [0.2, 0.25) is 11.7 Å². The second-order valence-corrected chi connectivity index (χ2v) is 6.45. The SMILES string of the molecule is CN(CC1CCCO1)C(=O)NCCc1nc(-c2ccc(Cl)cc2)no1. The fourth-order valence-electron chi connectivity index (χ4n) is 2.66. The molecule has 3 rings (SSSR count). The summed E-state index contributed by atoms with van der Waals surface area (Å²) in [6, 6.07) is 7.08. The van der Waals surface area contributed by atoms with Gasteiger partial charge in [0.25, 0.3) is 0 Å². The van der Waals surface area contributed by atoms with Crippen molar-refractivity contribution in [2.75, 3.05) is 26.7 Å². The summed E-state index contributed by atoms with van der Waals surface area (Å²) < 4.78 is 10.8. The maximum absolute atomic E-state index is 12.1. The van der Waals surface area contributed by atoms with Crippen LogP contribution in [0.3, 0.4) is 0 Å². The molecule has 0 spiro atoms.